The molecule has 0 bridgehead atoms. The zero-order valence-corrected chi connectivity index (χ0v) is 11.4. The van der Waals surface area contributed by atoms with Gasteiger partial charge in [0.25, 0.3) is 0 Å². The van der Waals surface area contributed by atoms with Crippen molar-refractivity contribution in [1.82, 2.24) is 10.2 Å². The van der Waals surface area contributed by atoms with E-state index in [2.05, 4.69) is 5.32 Å². The summed E-state index contributed by atoms with van der Waals surface area (Å²) in [5.74, 6) is 0. The van der Waals surface area contributed by atoms with Crippen LogP contribution in [0.25, 0.3) is 0 Å². The molecular weight excluding hydrogens is 232 g/mol. The van der Waals surface area contributed by atoms with Crippen LogP contribution in [0.1, 0.15) is 38.5 Å². The van der Waals surface area contributed by atoms with E-state index in [4.69, 9.17) is 9.84 Å². The molecule has 1 aliphatic rings. The number of methoxy groups -OCH3 is 1. The van der Waals surface area contributed by atoms with Gasteiger partial charge in [0.1, 0.15) is 0 Å². The van der Waals surface area contributed by atoms with Crippen molar-refractivity contribution in [2.45, 2.75) is 44.6 Å². The van der Waals surface area contributed by atoms with Crippen molar-refractivity contribution in [3.05, 3.63) is 0 Å². The number of piperidine rings is 1. The minimum absolute atomic E-state index is 0.0190. The molecule has 2 amide bonds. The Morgan fingerprint density at radius 3 is 3.00 bits per heavy atom. The lowest BCUT2D eigenvalue weighted by molar-refractivity contribution is 0.131. The summed E-state index contributed by atoms with van der Waals surface area (Å²) in [7, 11) is 1.69. The summed E-state index contributed by atoms with van der Waals surface area (Å²) in [6.07, 6.45) is 5.84. The maximum Gasteiger partial charge on any atom is 0.317 e. The van der Waals surface area contributed by atoms with Crippen molar-refractivity contribution in [2.75, 3.05) is 33.4 Å². The second kappa shape index (κ2) is 9.16. The highest BCUT2D eigenvalue weighted by atomic mass is 16.5. The number of aliphatic hydroxyl groups excluding tert-OH is 1. The lowest BCUT2D eigenvalue weighted by Gasteiger charge is -2.35. The molecule has 0 aromatic carbocycles. The first-order chi connectivity index (χ1) is 8.79. The predicted molar refractivity (Wildman–Crippen MR) is 70.6 cm³/mol. The van der Waals surface area contributed by atoms with Gasteiger partial charge in [0.2, 0.25) is 0 Å². The molecule has 0 saturated carbocycles. The minimum Gasteiger partial charge on any atom is -0.396 e. The third-order valence-corrected chi connectivity index (χ3v) is 3.40. The Kier molecular flexibility index (Phi) is 7.76. The van der Waals surface area contributed by atoms with Crippen molar-refractivity contribution in [2.24, 2.45) is 0 Å². The summed E-state index contributed by atoms with van der Waals surface area (Å²) < 4.78 is 4.96. The molecule has 2 N–H and O–H groups in total. The van der Waals surface area contributed by atoms with Gasteiger partial charge in [-0.2, -0.15) is 0 Å². The third kappa shape index (κ3) is 5.23. The molecule has 0 spiro atoms. The molecule has 1 saturated heterocycles. The largest absolute Gasteiger partial charge is 0.396 e. The Labute approximate surface area is 109 Å². The Balaban J connectivity index is 2.25. The number of carbonyl (C=O) groups excluding carboxylic acids is 1. The first-order valence-corrected chi connectivity index (χ1v) is 6.94. The Morgan fingerprint density at radius 2 is 2.28 bits per heavy atom. The number of hydrogen-bond acceptors (Lipinski definition) is 3. The molecule has 5 heteroatoms. The summed E-state index contributed by atoms with van der Waals surface area (Å²) in [6, 6.07) is 0.230. The van der Waals surface area contributed by atoms with Crippen LogP contribution in [0.4, 0.5) is 4.79 Å². The van der Waals surface area contributed by atoms with E-state index in [1.165, 1.54) is 0 Å². The molecule has 1 atom stereocenters. The number of amides is 2. The van der Waals surface area contributed by atoms with Crippen molar-refractivity contribution in [3.63, 3.8) is 0 Å². The van der Waals surface area contributed by atoms with Crippen LogP contribution in [0.15, 0.2) is 0 Å². The lowest BCUT2D eigenvalue weighted by atomic mass is 10.0. The van der Waals surface area contributed by atoms with Gasteiger partial charge in [-0.25, -0.2) is 4.79 Å². The van der Waals surface area contributed by atoms with Gasteiger partial charge in [0.15, 0.2) is 0 Å². The molecule has 0 radical (unpaired) electrons. The SMILES string of the molecule is COCCCCNC(=O)N1CCCCC1CCO. The number of unbranched alkanes of at least 4 members (excludes halogenated alkanes) is 1. The maximum absolute atomic E-state index is 12.0. The van der Waals surface area contributed by atoms with E-state index in [9.17, 15) is 4.79 Å². The second-order valence-electron chi connectivity index (χ2n) is 4.79. The van der Waals surface area contributed by atoms with Gasteiger partial charge in [0.05, 0.1) is 0 Å². The normalized spacial score (nSPS) is 19.9. The highest BCUT2D eigenvalue weighted by Gasteiger charge is 2.25. The molecule has 1 unspecified atom stereocenters. The Hall–Kier alpha value is -0.810. The highest BCUT2D eigenvalue weighted by Crippen LogP contribution is 2.19. The van der Waals surface area contributed by atoms with Crippen molar-refractivity contribution in [1.29, 1.82) is 0 Å². The quantitative estimate of drug-likeness (QED) is 0.678. The molecule has 5 nitrogen and oxygen atoms in total. The smallest absolute Gasteiger partial charge is 0.317 e. The fourth-order valence-corrected chi connectivity index (χ4v) is 2.39. The van der Waals surface area contributed by atoms with Crippen LogP contribution in [0.5, 0.6) is 0 Å². The fourth-order valence-electron chi connectivity index (χ4n) is 2.39. The molecule has 1 fully saturated rings. The number of nitrogens with zero attached hydrogens (tertiary/aromatic N) is 1. The number of urea groups is 1. The summed E-state index contributed by atoms with van der Waals surface area (Å²) in [5.41, 5.74) is 0. The number of likely N-dealkylation sites (tertiary alicyclic amines) is 1. The molecule has 106 valence electrons. The first kappa shape index (κ1) is 15.2. The van der Waals surface area contributed by atoms with Gasteiger partial charge in [-0.1, -0.05) is 0 Å². The summed E-state index contributed by atoms with van der Waals surface area (Å²) in [4.78, 5) is 13.9. The fraction of sp³-hybridized carbons (Fsp3) is 0.923. The van der Waals surface area contributed by atoms with E-state index < -0.39 is 0 Å². The monoisotopic (exact) mass is 258 g/mol. The summed E-state index contributed by atoms with van der Waals surface area (Å²) in [5, 5.41) is 12.0. The van der Waals surface area contributed by atoms with Gasteiger partial charge in [0, 0.05) is 39.5 Å². The molecule has 1 aliphatic heterocycles. The zero-order chi connectivity index (χ0) is 13.2. The van der Waals surface area contributed by atoms with Crippen LogP contribution in [0, 0.1) is 0 Å². The van der Waals surface area contributed by atoms with Crippen LogP contribution in [-0.2, 0) is 4.74 Å². The number of carbonyl (C=O) groups is 1. The molecule has 18 heavy (non-hydrogen) atoms. The standard InChI is InChI=1S/C13H26N2O3/c1-18-11-5-3-8-14-13(17)15-9-4-2-6-12(15)7-10-16/h12,16H,2-11H2,1H3,(H,14,17). The molecule has 0 aromatic rings. The lowest BCUT2D eigenvalue weighted by Crippen LogP contribution is -2.49. The number of aliphatic hydroxyl groups is 1. The second-order valence-corrected chi connectivity index (χ2v) is 4.79. The molecule has 1 rings (SSSR count). The number of nitrogens with one attached hydrogen (secondary N) is 1. The van der Waals surface area contributed by atoms with Crippen LogP contribution < -0.4 is 5.32 Å². The molecular formula is C13H26N2O3. The maximum atomic E-state index is 12.0. The Morgan fingerprint density at radius 1 is 1.44 bits per heavy atom. The highest BCUT2D eigenvalue weighted by molar-refractivity contribution is 5.74. The van der Waals surface area contributed by atoms with Crippen molar-refractivity contribution < 1.29 is 14.6 Å². The number of hydrogen-bond donors (Lipinski definition) is 2. The van der Waals surface area contributed by atoms with E-state index in [1.54, 1.807) is 7.11 Å². The number of ether oxygens (including phenoxy) is 1. The first-order valence-electron chi connectivity index (χ1n) is 6.94. The van der Waals surface area contributed by atoms with Gasteiger partial charge in [-0.05, 0) is 38.5 Å². The summed E-state index contributed by atoms with van der Waals surface area (Å²) in [6.45, 7) is 2.41. The van der Waals surface area contributed by atoms with E-state index >= 15 is 0 Å². The number of rotatable bonds is 7. The van der Waals surface area contributed by atoms with Gasteiger partial charge in [-0.3, -0.25) is 0 Å². The predicted octanol–water partition coefficient (Wildman–Crippen LogP) is 1.36. The van der Waals surface area contributed by atoms with Gasteiger partial charge < -0.3 is 20.1 Å². The van der Waals surface area contributed by atoms with Crippen LogP contribution in [0.3, 0.4) is 0 Å². The van der Waals surface area contributed by atoms with E-state index in [0.717, 1.165) is 45.3 Å². The van der Waals surface area contributed by atoms with E-state index in [1.807, 2.05) is 4.90 Å². The average Bonchev–Trinajstić information content (AvgIpc) is 2.39. The third-order valence-electron chi connectivity index (χ3n) is 3.40. The molecule has 0 aliphatic carbocycles. The minimum atomic E-state index is 0.0190. The van der Waals surface area contributed by atoms with Gasteiger partial charge in [-0.15, -0.1) is 0 Å². The van der Waals surface area contributed by atoms with Crippen molar-refractivity contribution in [3.8, 4) is 0 Å². The van der Waals surface area contributed by atoms with Crippen LogP contribution in [-0.4, -0.2) is 55.5 Å². The van der Waals surface area contributed by atoms with Crippen LogP contribution in [0.2, 0.25) is 0 Å². The average molecular weight is 258 g/mol. The zero-order valence-electron chi connectivity index (χ0n) is 11.4. The van der Waals surface area contributed by atoms with Crippen molar-refractivity contribution >= 4 is 6.03 Å². The summed E-state index contributed by atoms with van der Waals surface area (Å²) >= 11 is 0. The molecule has 1 heterocycles. The topological polar surface area (TPSA) is 61.8 Å². The molecule has 0 aromatic heterocycles. The van der Waals surface area contributed by atoms with Crippen LogP contribution >= 0.6 is 0 Å². The Bertz CT molecular complexity index is 234. The van der Waals surface area contributed by atoms with Gasteiger partial charge >= 0.3 is 6.03 Å². The van der Waals surface area contributed by atoms with E-state index in [0.29, 0.717) is 13.0 Å². The van der Waals surface area contributed by atoms with E-state index in [-0.39, 0.29) is 18.7 Å².